The number of rotatable bonds is 4. The largest absolute Gasteiger partial charge is 0.345 e. The summed E-state index contributed by atoms with van der Waals surface area (Å²) in [7, 11) is 0. The molecule has 6 heteroatoms. The molecule has 1 aromatic heterocycles. The van der Waals surface area contributed by atoms with Crippen molar-refractivity contribution in [1.82, 2.24) is 20.1 Å². The van der Waals surface area contributed by atoms with Gasteiger partial charge in [0.05, 0.1) is 6.54 Å². The Kier molecular flexibility index (Phi) is 4.11. The molecule has 5 nitrogen and oxygen atoms in total. The highest BCUT2D eigenvalue weighted by atomic mass is 32.1. The van der Waals surface area contributed by atoms with Gasteiger partial charge in [0.15, 0.2) is 10.6 Å². The monoisotopic (exact) mass is 310 g/mol. The summed E-state index contributed by atoms with van der Waals surface area (Å²) in [4.78, 5) is 12.1. The third kappa shape index (κ3) is 2.96. The quantitative estimate of drug-likeness (QED) is 0.728. The molecule has 0 fully saturated rings. The molecular weight excluding hydrogens is 296 g/mol. The van der Waals surface area contributed by atoms with Crippen LogP contribution in [0.2, 0.25) is 0 Å². The van der Waals surface area contributed by atoms with Gasteiger partial charge in [0.2, 0.25) is 0 Å². The SMILES string of the molecule is O=C(NCc1n[nH]c(=S)n1-c1ccccc1)c1ccccc1. The van der Waals surface area contributed by atoms with E-state index in [0.717, 1.165) is 5.69 Å². The molecule has 0 aliphatic heterocycles. The molecule has 0 unspecified atom stereocenters. The van der Waals surface area contributed by atoms with Crippen LogP contribution in [-0.4, -0.2) is 20.7 Å². The highest BCUT2D eigenvalue weighted by Crippen LogP contribution is 2.10. The molecule has 0 atom stereocenters. The summed E-state index contributed by atoms with van der Waals surface area (Å²) < 4.78 is 2.30. The molecule has 2 N–H and O–H groups in total. The smallest absolute Gasteiger partial charge is 0.251 e. The van der Waals surface area contributed by atoms with Crippen molar-refractivity contribution in [2.24, 2.45) is 0 Å². The Labute approximate surface area is 132 Å². The lowest BCUT2D eigenvalue weighted by Gasteiger charge is -2.08. The minimum atomic E-state index is -0.144. The first-order valence-electron chi connectivity index (χ1n) is 6.80. The van der Waals surface area contributed by atoms with Crippen molar-refractivity contribution < 1.29 is 4.79 Å². The molecule has 1 heterocycles. The van der Waals surface area contributed by atoms with Gasteiger partial charge < -0.3 is 5.32 Å². The minimum absolute atomic E-state index is 0.144. The van der Waals surface area contributed by atoms with Crippen LogP contribution < -0.4 is 5.32 Å². The number of nitrogens with one attached hydrogen (secondary N) is 2. The average molecular weight is 310 g/mol. The zero-order valence-electron chi connectivity index (χ0n) is 11.7. The van der Waals surface area contributed by atoms with E-state index < -0.39 is 0 Å². The van der Waals surface area contributed by atoms with Crippen LogP contribution in [0.15, 0.2) is 60.7 Å². The number of hydrogen-bond donors (Lipinski definition) is 2. The van der Waals surface area contributed by atoms with Gasteiger partial charge in [0.25, 0.3) is 5.91 Å². The highest BCUT2D eigenvalue weighted by molar-refractivity contribution is 7.71. The predicted octanol–water partition coefficient (Wildman–Crippen LogP) is 2.86. The summed E-state index contributed by atoms with van der Waals surface area (Å²) in [6.07, 6.45) is 0. The Morgan fingerprint density at radius 2 is 1.73 bits per heavy atom. The van der Waals surface area contributed by atoms with E-state index in [1.165, 1.54) is 0 Å². The number of para-hydroxylation sites is 1. The topological polar surface area (TPSA) is 62.7 Å². The van der Waals surface area contributed by atoms with E-state index in [-0.39, 0.29) is 12.5 Å². The van der Waals surface area contributed by atoms with Gasteiger partial charge in [-0.05, 0) is 36.5 Å². The number of aromatic nitrogens is 3. The standard InChI is InChI=1S/C16H14N4OS/c21-15(12-7-3-1-4-8-12)17-11-14-18-19-16(22)20(14)13-9-5-2-6-10-13/h1-10H,11H2,(H,17,21)(H,19,22). The molecule has 0 aliphatic carbocycles. The lowest BCUT2D eigenvalue weighted by molar-refractivity contribution is 0.0949. The number of H-pyrrole nitrogens is 1. The molecule has 0 aliphatic rings. The van der Waals surface area contributed by atoms with Crippen LogP contribution in [-0.2, 0) is 6.54 Å². The highest BCUT2D eigenvalue weighted by Gasteiger charge is 2.10. The van der Waals surface area contributed by atoms with E-state index in [2.05, 4.69) is 15.5 Å². The molecule has 3 aromatic rings. The van der Waals surface area contributed by atoms with Crippen LogP contribution in [0.25, 0.3) is 5.69 Å². The third-order valence-corrected chi connectivity index (χ3v) is 3.47. The van der Waals surface area contributed by atoms with E-state index in [4.69, 9.17) is 12.2 Å². The number of nitrogens with zero attached hydrogens (tertiary/aromatic N) is 2. The molecule has 0 spiro atoms. The van der Waals surface area contributed by atoms with Crippen molar-refractivity contribution in [3.8, 4) is 5.69 Å². The normalized spacial score (nSPS) is 10.4. The number of aromatic amines is 1. The summed E-state index contributed by atoms with van der Waals surface area (Å²) in [5, 5.41) is 9.80. The van der Waals surface area contributed by atoms with Gasteiger partial charge in [0, 0.05) is 11.3 Å². The number of amides is 1. The van der Waals surface area contributed by atoms with Crippen LogP contribution in [0.3, 0.4) is 0 Å². The number of benzene rings is 2. The molecule has 1 amide bonds. The first-order valence-corrected chi connectivity index (χ1v) is 7.21. The molecule has 0 bridgehead atoms. The molecule has 110 valence electrons. The maximum absolute atomic E-state index is 12.1. The van der Waals surface area contributed by atoms with E-state index in [1.54, 1.807) is 16.7 Å². The number of hydrogen-bond acceptors (Lipinski definition) is 3. The van der Waals surface area contributed by atoms with E-state index in [1.807, 2.05) is 48.5 Å². The minimum Gasteiger partial charge on any atom is -0.345 e. The fraction of sp³-hybridized carbons (Fsp3) is 0.0625. The van der Waals surface area contributed by atoms with Gasteiger partial charge in [-0.1, -0.05) is 36.4 Å². The molecule has 0 saturated heterocycles. The summed E-state index contributed by atoms with van der Waals surface area (Å²) in [5.74, 6) is 0.509. The summed E-state index contributed by atoms with van der Waals surface area (Å²) in [6.45, 7) is 0.287. The Bertz CT molecular complexity index is 824. The van der Waals surface area contributed by atoms with Crippen molar-refractivity contribution in [2.45, 2.75) is 6.54 Å². The van der Waals surface area contributed by atoms with Crippen LogP contribution >= 0.6 is 12.2 Å². The average Bonchev–Trinajstić information content (AvgIpc) is 2.95. The fourth-order valence-electron chi connectivity index (χ4n) is 2.14. The van der Waals surface area contributed by atoms with Crippen LogP contribution in [0.1, 0.15) is 16.2 Å². The Balaban J connectivity index is 1.80. The number of carbonyl (C=O) groups excluding carboxylic acids is 1. The van der Waals surface area contributed by atoms with Crippen molar-refractivity contribution in [1.29, 1.82) is 0 Å². The van der Waals surface area contributed by atoms with E-state index in [0.29, 0.717) is 16.2 Å². The maximum Gasteiger partial charge on any atom is 0.251 e. The van der Waals surface area contributed by atoms with Crippen LogP contribution in [0.4, 0.5) is 0 Å². The first kappa shape index (κ1) is 14.2. The summed E-state index contributed by atoms with van der Waals surface area (Å²) in [5.41, 5.74) is 1.52. The second-order valence-electron chi connectivity index (χ2n) is 4.66. The van der Waals surface area contributed by atoms with Crippen molar-refractivity contribution in [2.75, 3.05) is 0 Å². The lowest BCUT2D eigenvalue weighted by atomic mass is 10.2. The zero-order valence-corrected chi connectivity index (χ0v) is 12.5. The second kappa shape index (κ2) is 6.36. The Morgan fingerprint density at radius 1 is 1.09 bits per heavy atom. The summed E-state index contributed by atoms with van der Waals surface area (Å²) in [6, 6.07) is 18.7. The van der Waals surface area contributed by atoms with E-state index >= 15 is 0 Å². The fourth-order valence-corrected chi connectivity index (χ4v) is 2.40. The summed E-state index contributed by atoms with van der Waals surface area (Å²) >= 11 is 5.26. The van der Waals surface area contributed by atoms with Gasteiger partial charge in [-0.15, -0.1) is 0 Å². The molecule has 22 heavy (non-hydrogen) atoms. The molecule has 0 saturated carbocycles. The predicted molar refractivity (Wildman–Crippen MR) is 86.4 cm³/mol. The zero-order chi connectivity index (χ0) is 15.4. The van der Waals surface area contributed by atoms with Gasteiger partial charge in [-0.2, -0.15) is 5.10 Å². The van der Waals surface area contributed by atoms with Crippen molar-refractivity contribution in [3.63, 3.8) is 0 Å². The Morgan fingerprint density at radius 3 is 2.41 bits per heavy atom. The molecule has 3 rings (SSSR count). The lowest BCUT2D eigenvalue weighted by Crippen LogP contribution is -2.24. The Hall–Kier alpha value is -2.73. The third-order valence-electron chi connectivity index (χ3n) is 3.20. The van der Waals surface area contributed by atoms with Gasteiger partial charge in [-0.25, -0.2) is 0 Å². The molecular formula is C16H14N4OS. The van der Waals surface area contributed by atoms with Crippen LogP contribution in [0, 0.1) is 4.77 Å². The maximum atomic E-state index is 12.1. The second-order valence-corrected chi connectivity index (χ2v) is 5.05. The number of carbonyl (C=O) groups is 1. The van der Waals surface area contributed by atoms with Gasteiger partial charge in [0.1, 0.15) is 0 Å². The molecule has 2 aromatic carbocycles. The molecule has 0 radical (unpaired) electrons. The van der Waals surface area contributed by atoms with Crippen LogP contribution in [0.5, 0.6) is 0 Å². The van der Waals surface area contributed by atoms with E-state index in [9.17, 15) is 4.79 Å². The first-order chi connectivity index (χ1) is 10.8. The van der Waals surface area contributed by atoms with Crippen molar-refractivity contribution in [3.05, 3.63) is 76.8 Å². The van der Waals surface area contributed by atoms with Gasteiger partial charge in [-0.3, -0.25) is 14.5 Å². The van der Waals surface area contributed by atoms with Gasteiger partial charge >= 0.3 is 0 Å². The van der Waals surface area contributed by atoms with Crippen molar-refractivity contribution >= 4 is 18.1 Å².